The van der Waals surface area contributed by atoms with Crippen molar-refractivity contribution in [1.29, 1.82) is 0 Å². The predicted molar refractivity (Wildman–Crippen MR) is 99.2 cm³/mol. The van der Waals surface area contributed by atoms with Gasteiger partial charge in [-0.15, -0.1) is 0 Å². The smallest absolute Gasteiger partial charge is 0.134 e. The number of rotatable bonds is 5. The topological polar surface area (TPSA) is 45.2 Å². The summed E-state index contributed by atoms with van der Waals surface area (Å²) in [5.41, 5.74) is 0.247. The van der Waals surface area contributed by atoms with Gasteiger partial charge in [-0.25, -0.2) is 0 Å². The van der Waals surface area contributed by atoms with E-state index in [9.17, 15) is 5.11 Å². The highest BCUT2D eigenvalue weighted by Crippen LogP contribution is 2.22. The van der Waals surface area contributed by atoms with Crippen molar-refractivity contribution in [2.75, 3.05) is 52.5 Å². The van der Waals surface area contributed by atoms with Crippen LogP contribution in [0.5, 0.6) is 5.75 Å². The molecule has 5 nitrogen and oxygen atoms in total. The van der Waals surface area contributed by atoms with Gasteiger partial charge in [-0.05, 0) is 51.5 Å². The number of β-amino-alcohol motifs (C(OH)–C–C–N with tert-alkyl or cyclic N) is 1. The molecule has 0 bridgehead atoms. The van der Waals surface area contributed by atoms with Gasteiger partial charge in [0.25, 0.3) is 0 Å². The van der Waals surface area contributed by atoms with Crippen LogP contribution in [-0.2, 0) is 4.74 Å². The molecule has 1 aromatic rings. The second-order valence-corrected chi connectivity index (χ2v) is 7.51. The molecule has 2 fully saturated rings. The van der Waals surface area contributed by atoms with Crippen LogP contribution in [0, 0.1) is 6.92 Å². The maximum atomic E-state index is 11.1. The molecule has 0 saturated carbocycles. The van der Waals surface area contributed by atoms with Crippen molar-refractivity contribution < 1.29 is 14.6 Å². The number of nitrogens with zero attached hydrogens (tertiary/aromatic N) is 2. The largest absolute Gasteiger partial charge is 0.490 e. The van der Waals surface area contributed by atoms with Crippen LogP contribution in [0.2, 0.25) is 0 Å². The molecule has 0 radical (unpaired) electrons. The summed E-state index contributed by atoms with van der Waals surface area (Å²) in [5, 5.41) is 11.1. The zero-order valence-corrected chi connectivity index (χ0v) is 15.6. The molecule has 5 heteroatoms. The lowest BCUT2D eigenvalue weighted by Crippen LogP contribution is -2.53. The van der Waals surface area contributed by atoms with Crippen LogP contribution in [0.15, 0.2) is 24.3 Å². The summed E-state index contributed by atoms with van der Waals surface area (Å²) in [6, 6.07) is 8.49. The van der Waals surface area contributed by atoms with Crippen molar-refractivity contribution in [2.24, 2.45) is 0 Å². The van der Waals surface area contributed by atoms with E-state index in [4.69, 9.17) is 9.47 Å². The number of aryl methyl sites for hydroxylation is 1. The lowest BCUT2D eigenvalue weighted by Gasteiger charge is -2.40. The summed E-state index contributed by atoms with van der Waals surface area (Å²) in [6.45, 7) is 10.5. The fraction of sp³-hybridized carbons (Fsp3) is 0.700. The van der Waals surface area contributed by atoms with Crippen LogP contribution in [0.3, 0.4) is 0 Å². The van der Waals surface area contributed by atoms with Gasteiger partial charge in [0.1, 0.15) is 18.0 Å². The van der Waals surface area contributed by atoms with Gasteiger partial charge in [-0.2, -0.15) is 0 Å². The Bertz CT molecular complexity index is 528. The predicted octanol–water partition coefficient (Wildman–Crippen LogP) is 1.92. The first kappa shape index (κ1) is 18.6. The molecular weight excluding hydrogens is 316 g/mol. The summed E-state index contributed by atoms with van der Waals surface area (Å²) in [5.74, 6) is 0.797. The van der Waals surface area contributed by atoms with E-state index in [1.165, 1.54) is 18.4 Å². The van der Waals surface area contributed by atoms with Gasteiger partial charge in [0.2, 0.25) is 0 Å². The SMILES string of the molecule is CCN1CCC(N2CCOC[C@](O)(COc3ccc(C)cc3)C2)CC1. The van der Waals surface area contributed by atoms with Gasteiger partial charge in [-0.1, -0.05) is 24.6 Å². The minimum Gasteiger partial charge on any atom is -0.490 e. The van der Waals surface area contributed by atoms with E-state index < -0.39 is 5.60 Å². The van der Waals surface area contributed by atoms with Crippen molar-refractivity contribution in [3.8, 4) is 5.75 Å². The number of piperidine rings is 1. The second-order valence-electron chi connectivity index (χ2n) is 7.51. The molecule has 0 spiro atoms. The Balaban J connectivity index is 1.57. The first-order valence-electron chi connectivity index (χ1n) is 9.54. The van der Waals surface area contributed by atoms with Crippen LogP contribution in [0.4, 0.5) is 0 Å². The fourth-order valence-corrected chi connectivity index (χ4v) is 3.80. The Morgan fingerprint density at radius 1 is 1.20 bits per heavy atom. The van der Waals surface area contributed by atoms with Crippen molar-refractivity contribution in [2.45, 2.75) is 38.3 Å². The fourth-order valence-electron chi connectivity index (χ4n) is 3.80. The van der Waals surface area contributed by atoms with E-state index in [0.29, 0.717) is 25.8 Å². The van der Waals surface area contributed by atoms with Crippen LogP contribution in [0.25, 0.3) is 0 Å². The third-order valence-electron chi connectivity index (χ3n) is 5.44. The van der Waals surface area contributed by atoms with Crippen LogP contribution in [0.1, 0.15) is 25.3 Å². The number of likely N-dealkylation sites (tertiary alicyclic amines) is 1. The van der Waals surface area contributed by atoms with Crippen molar-refractivity contribution in [3.63, 3.8) is 0 Å². The number of ether oxygens (including phenoxy) is 2. The average molecular weight is 348 g/mol. The third kappa shape index (κ3) is 5.17. The van der Waals surface area contributed by atoms with Crippen LogP contribution in [-0.4, -0.2) is 79.1 Å². The zero-order chi connectivity index (χ0) is 17.7. The molecule has 2 saturated heterocycles. The van der Waals surface area contributed by atoms with Crippen molar-refractivity contribution >= 4 is 0 Å². The molecule has 140 valence electrons. The Labute approximate surface area is 151 Å². The Morgan fingerprint density at radius 3 is 2.60 bits per heavy atom. The minimum atomic E-state index is -0.955. The third-order valence-corrected chi connectivity index (χ3v) is 5.44. The van der Waals surface area contributed by atoms with Gasteiger partial charge >= 0.3 is 0 Å². The molecule has 2 aliphatic heterocycles. The highest BCUT2D eigenvalue weighted by atomic mass is 16.5. The number of hydrogen-bond acceptors (Lipinski definition) is 5. The Morgan fingerprint density at radius 2 is 1.92 bits per heavy atom. The molecule has 25 heavy (non-hydrogen) atoms. The lowest BCUT2D eigenvalue weighted by atomic mass is 9.99. The number of benzene rings is 1. The quantitative estimate of drug-likeness (QED) is 0.881. The highest BCUT2D eigenvalue weighted by Gasteiger charge is 2.36. The molecule has 0 amide bonds. The van der Waals surface area contributed by atoms with Gasteiger partial charge in [-0.3, -0.25) is 4.90 Å². The van der Waals surface area contributed by atoms with Gasteiger partial charge in [0, 0.05) is 19.1 Å². The number of aliphatic hydroxyl groups is 1. The lowest BCUT2D eigenvalue weighted by molar-refractivity contribution is -0.0689. The molecule has 3 rings (SSSR count). The first-order valence-corrected chi connectivity index (χ1v) is 9.54. The Kier molecular flexibility index (Phi) is 6.34. The Hall–Kier alpha value is -1.14. The highest BCUT2D eigenvalue weighted by molar-refractivity contribution is 5.26. The molecule has 1 N–H and O–H groups in total. The first-order chi connectivity index (χ1) is 12.1. The maximum Gasteiger partial charge on any atom is 0.134 e. The average Bonchev–Trinajstić information content (AvgIpc) is 2.84. The summed E-state index contributed by atoms with van der Waals surface area (Å²) < 4.78 is 11.6. The van der Waals surface area contributed by atoms with Crippen LogP contribution < -0.4 is 4.74 Å². The van der Waals surface area contributed by atoms with E-state index in [1.54, 1.807) is 0 Å². The molecule has 2 aliphatic rings. The molecule has 0 unspecified atom stereocenters. The van der Waals surface area contributed by atoms with Gasteiger partial charge in [0.05, 0.1) is 13.2 Å². The summed E-state index contributed by atoms with van der Waals surface area (Å²) in [6.07, 6.45) is 2.34. The molecule has 0 aromatic heterocycles. The summed E-state index contributed by atoms with van der Waals surface area (Å²) in [7, 11) is 0. The normalized spacial score (nSPS) is 27.2. The summed E-state index contributed by atoms with van der Waals surface area (Å²) in [4.78, 5) is 4.91. The van der Waals surface area contributed by atoms with E-state index in [1.807, 2.05) is 24.3 Å². The molecule has 0 aliphatic carbocycles. The van der Waals surface area contributed by atoms with E-state index in [0.717, 1.165) is 31.9 Å². The van der Waals surface area contributed by atoms with Crippen molar-refractivity contribution in [1.82, 2.24) is 9.80 Å². The van der Waals surface area contributed by atoms with Crippen molar-refractivity contribution in [3.05, 3.63) is 29.8 Å². The molecule has 2 heterocycles. The minimum absolute atomic E-state index is 0.264. The molecule has 1 atom stereocenters. The van der Waals surface area contributed by atoms with Gasteiger partial charge < -0.3 is 19.5 Å². The van der Waals surface area contributed by atoms with Gasteiger partial charge in [0.15, 0.2) is 0 Å². The summed E-state index contributed by atoms with van der Waals surface area (Å²) >= 11 is 0. The zero-order valence-electron chi connectivity index (χ0n) is 15.6. The van der Waals surface area contributed by atoms with Crippen LogP contribution >= 0.6 is 0 Å². The maximum absolute atomic E-state index is 11.1. The van der Waals surface area contributed by atoms with E-state index in [2.05, 4.69) is 23.6 Å². The molecular formula is C20H32N2O3. The van der Waals surface area contributed by atoms with E-state index >= 15 is 0 Å². The monoisotopic (exact) mass is 348 g/mol. The standard InChI is InChI=1S/C20H32N2O3/c1-3-21-10-8-18(9-11-21)22-12-13-24-15-20(23,14-22)16-25-19-6-4-17(2)5-7-19/h4-7,18,23H,3,8-16H2,1-2H3/t20-/m0/s1. The second kappa shape index (κ2) is 8.49. The number of hydrogen-bond donors (Lipinski definition) is 1. The van der Waals surface area contributed by atoms with E-state index in [-0.39, 0.29) is 6.61 Å². The molecule has 1 aromatic carbocycles.